The van der Waals surface area contributed by atoms with Crippen molar-refractivity contribution in [3.8, 4) is 22.8 Å². The molecule has 1 saturated carbocycles. The molecule has 1 aliphatic heterocycles. The molecule has 46 heavy (non-hydrogen) atoms. The summed E-state index contributed by atoms with van der Waals surface area (Å²) in [5.74, 6) is 0.295. The van der Waals surface area contributed by atoms with Crippen LogP contribution < -0.4 is 20.1 Å². The number of rotatable bonds is 8. The maximum atomic E-state index is 16.5. The van der Waals surface area contributed by atoms with Gasteiger partial charge in [0, 0.05) is 41.5 Å². The van der Waals surface area contributed by atoms with Gasteiger partial charge in [0.25, 0.3) is 5.91 Å². The molecule has 0 spiro atoms. The number of carbonyl (C=O) groups excluding carboxylic acids is 2. The predicted molar refractivity (Wildman–Crippen MR) is 171 cm³/mol. The van der Waals surface area contributed by atoms with E-state index in [4.69, 9.17) is 19.2 Å². The molecule has 242 valence electrons. The van der Waals surface area contributed by atoms with Gasteiger partial charge in [0.1, 0.15) is 17.1 Å². The molecule has 0 saturated heterocycles. The van der Waals surface area contributed by atoms with E-state index in [0.717, 1.165) is 23.9 Å². The van der Waals surface area contributed by atoms with Crippen LogP contribution in [0, 0.1) is 5.82 Å². The number of nitrogens with zero attached hydrogens (tertiary/aromatic N) is 4. The van der Waals surface area contributed by atoms with Crippen LogP contribution in [-0.4, -0.2) is 63.4 Å². The Hall–Kier alpha value is -4.87. The van der Waals surface area contributed by atoms with E-state index >= 15 is 4.39 Å². The van der Waals surface area contributed by atoms with Gasteiger partial charge in [-0.25, -0.2) is 18.7 Å². The molecule has 0 radical (unpaired) electrons. The van der Waals surface area contributed by atoms with Gasteiger partial charge in [-0.2, -0.15) is 5.10 Å². The topological polar surface area (TPSA) is 119 Å². The molecular weight excluding hydrogens is 591 g/mol. The number of methoxy groups -OCH3 is 2. The number of fused-ring (bicyclic) bond motifs is 2. The molecule has 4 heterocycles. The molecule has 1 aromatic carbocycles. The summed E-state index contributed by atoms with van der Waals surface area (Å²) in [7, 11) is 3.13. The number of halogens is 1. The SMILES string of the molecule is COc1ccc(CN2Cc3c(F)c(N[C@@H]4CCCCC4NC(=O)OC(C)(C)C)nc(-c4cnn5ccccc45)c3C2=O)c(OC)c1. The second-order valence-corrected chi connectivity index (χ2v) is 12.7. The van der Waals surface area contributed by atoms with E-state index in [9.17, 15) is 9.59 Å². The molecular formula is C34H39FN6O5. The predicted octanol–water partition coefficient (Wildman–Crippen LogP) is 5.96. The van der Waals surface area contributed by atoms with Crippen LogP contribution in [0.4, 0.5) is 15.0 Å². The molecule has 2 atom stereocenters. The van der Waals surface area contributed by atoms with Crippen molar-refractivity contribution in [2.24, 2.45) is 0 Å². The van der Waals surface area contributed by atoms with Gasteiger partial charge in [0.15, 0.2) is 11.6 Å². The Labute approximate surface area is 267 Å². The lowest BCUT2D eigenvalue weighted by Crippen LogP contribution is -2.50. The summed E-state index contributed by atoms with van der Waals surface area (Å²) in [4.78, 5) is 33.1. The van der Waals surface area contributed by atoms with Gasteiger partial charge < -0.3 is 29.7 Å². The van der Waals surface area contributed by atoms with E-state index in [0.29, 0.717) is 35.6 Å². The van der Waals surface area contributed by atoms with Gasteiger partial charge in [-0.3, -0.25) is 4.79 Å². The molecule has 12 heteroatoms. The molecule has 0 bridgehead atoms. The van der Waals surface area contributed by atoms with E-state index in [-0.39, 0.29) is 48.0 Å². The first-order valence-corrected chi connectivity index (χ1v) is 15.5. The molecule has 1 fully saturated rings. The second-order valence-electron chi connectivity index (χ2n) is 12.7. The van der Waals surface area contributed by atoms with Crippen LogP contribution in [0.5, 0.6) is 11.5 Å². The molecule has 2 aliphatic rings. The van der Waals surface area contributed by atoms with Crippen molar-refractivity contribution < 1.29 is 28.2 Å². The van der Waals surface area contributed by atoms with Crippen LogP contribution >= 0.6 is 0 Å². The maximum Gasteiger partial charge on any atom is 0.407 e. The standard InChI is InChI=1S/C34H39FN6O5/c1-34(2,3)46-33(43)38-25-11-7-6-10-24(25)37-31-29(35)23-19-40(18-20-13-14-21(44-4)16-27(20)45-5)32(42)28(23)30(39-31)22-17-36-41-15-9-8-12-26(22)41/h8-9,12-17,24-25H,6-7,10-11,18-19H2,1-5H3,(H,37,39)(H,38,43)/t24-,25?/m1/s1. The average Bonchev–Trinajstić information content (AvgIpc) is 3.60. The Balaban J connectivity index is 1.38. The Kier molecular flexibility index (Phi) is 8.45. The normalized spacial score (nSPS) is 18.0. The van der Waals surface area contributed by atoms with Crippen molar-refractivity contribution in [2.45, 2.75) is 77.2 Å². The van der Waals surface area contributed by atoms with Crippen LogP contribution in [0.25, 0.3) is 16.8 Å². The number of aromatic nitrogens is 3. The van der Waals surface area contributed by atoms with Gasteiger partial charge in [-0.15, -0.1) is 0 Å². The van der Waals surface area contributed by atoms with Gasteiger partial charge in [-0.1, -0.05) is 18.9 Å². The summed E-state index contributed by atoms with van der Waals surface area (Å²) in [5, 5.41) is 10.7. The Morgan fingerprint density at radius 3 is 2.61 bits per heavy atom. The molecule has 3 aromatic heterocycles. The Morgan fingerprint density at radius 2 is 1.87 bits per heavy atom. The van der Waals surface area contributed by atoms with Gasteiger partial charge in [-0.05, 0) is 57.9 Å². The highest BCUT2D eigenvalue weighted by atomic mass is 19.1. The molecule has 11 nitrogen and oxygen atoms in total. The number of alkyl carbamates (subject to hydrolysis) is 1. The lowest BCUT2D eigenvalue weighted by Gasteiger charge is -2.34. The summed E-state index contributed by atoms with van der Waals surface area (Å²) in [6.45, 7) is 5.67. The third-order valence-corrected chi connectivity index (χ3v) is 8.41. The Morgan fingerprint density at radius 1 is 1.09 bits per heavy atom. The summed E-state index contributed by atoms with van der Waals surface area (Å²) in [5.41, 5.74) is 2.28. The molecule has 6 rings (SSSR count). The van der Waals surface area contributed by atoms with Crippen LogP contribution in [-0.2, 0) is 17.8 Å². The van der Waals surface area contributed by atoms with E-state index in [1.807, 2.05) is 45.0 Å². The Bertz CT molecular complexity index is 1780. The van der Waals surface area contributed by atoms with Crippen molar-refractivity contribution in [3.63, 3.8) is 0 Å². The highest BCUT2D eigenvalue weighted by molar-refractivity contribution is 6.05. The number of pyridine rings is 2. The second kappa shape index (κ2) is 12.5. The summed E-state index contributed by atoms with van der Waals surface area (Å²) in [6, 6.07) is 10.4. The van der Waals surface area contributed by atoms with Gasteiger partial charge in [0.05, 0.1) is 49.8 Å². The highest BCUT2D eigenvalue weighted by Gasteiger charge is 2.38. The van der Waals surface area contributed by atoms with E-state index < -0.39 is 17.5 Å². The van der Waals surface area contributed by atoms with Crippen molar-refractivity contribution in [1.29, 1.82) is 0 Å². The number of amides is 2. The fourth-order valence-electron chi connectivity index (χ4n) is 6.25. The van der Waals surface area contributed by atoms with E-state index in [2.05, 4.69) is 15.7 Å². The average molecular weight is 631 g/mol. The van der Waals surface area contributed by atoms with Crippen LogP contribution in [0.15, 0.2) is 48.8 Å². The number of nitrogens with one attached hydrogen (secondary N) is 2. The van der Waals surface area contributed by atoms with Gasteiger partial charge >= 0.3 is 6.09 Å². The minimum absolute atomic E-state index is 0.0311. The number of hydrogen-bond donors (Lipinski definition) is 2. The first-order chi connectivity index (χ1) is 22.1. The molecule has 2 amide bonds. The lowest BCUT2D eigenvalue weighted by atomic mass is 9.90. The van der Waals surface area contributed by atoms with Gasteiger partial charge in [0.2, 0.25) is 0 Å². The minimum atomic E-state index is -0.646. The lowest BCUT2D eigenvalue weighted by molar-refractivity contribution is 0.0488. The zero-order valence-electron chi connectivity index (χ0n) is 26.7. The van der Waals surface area contributed by atoms with Crippen molar-refractivity contribution in [3.05, 3.63) is 71.3 Å². The monoisotopic (exact) mass is 630 g/mol. The fourth-order valence-corrected chi connectivity index (χ4v) is 6.25. The van der Waals surface area contributed by atoms with E-state index in [1.54, 1.807) is 48.2 Å². The summed E-state index contributed by atoms with van der Waals surface area (Å²) >= 11 is 0. The maximum absolute atomic E-state index is 16.5. The molecule has 2 N–H and O–H groups in total. The van der Waals surface area contributed by atoms with Crippen LogP contribution in [0.2, 0.25) is 0 Å². The number of benzene rings is 1. The number of anilines is 1. The summed E-state index contributed by atoms with van der Waals surface area (Å²) < 4.78 is 34.6. The van der Waals surface area contributed by atoms with Crippen LogP contribution in [0.1, 0.15) is 67.9 Å². The van der Waals surface area contributed by atoms with E-state index in [1.165, 1.54) is 0 Å². The third kappa shape index (κ3) is 6.16. The first kappa shape index (κ1) is 31.1. The zero-order valence-corrected chi connectivity index (χ0v) is 26.7. The number of carbonyl (C=O) groups is 2. The number of hydrogen-bond acceptors (Lipinski definition) is 8. The fraction of sp³-hybridized carbons (Fsp3) is 0.412. The molecule has 1 unspecified atom stereocenters. The van der Waals surface area contributed by atoms with Crippen molar-refractivity contribution >= 4 is 23.3 Å². The smallest absolute Gasteiger partial charge is 0.407 e. The summed E-state index contributed by atoms with van der Waals surface area (Å²) in [6.07, 6.45) is 6.18. The number of ether oxygens (including phenoxy) is 3. The van der Waals surface area contributed by atoms with Crippen molar-refractivity contribution in [1.82, 2.24) is 24.8 Å². The molecule has 4 aromatic rings. The first-order valence-electron chi connectivity index (χ1n) is 15.5. The molecule has 1 aliphatic carbocycles. The van der Waals surface area contributed by atoms with Crippen LogP contribution in [0.3, 0.4) is 0 Å². The largest absolute Gasteiger partial charge is 0.497 e. The quantitative estimate of drug-likeness (QED) is 0.245. The third-order valence-electron chi connectivity index (χ3n) is 8.41. The zero-order chi connectivity index (χ0) is 32.6. The minimum Gasteiger partial charge on any atom is -0.497 e. The highest BCUT2D eigenvalue weighted by Crippen LogP contribution is 2.39. The van der Waals surface area contributed by atoms with Crippen molar-refractivity contribution in [2.75, 3.05) is 19.5 Å².